The standard InChI is InChI=1S/C19H18BrNO2/c1-12-5-3-4-6-16(12)19(23)21-10-9-14-11-15(7-8-17(14)21)18(22)13(2)20/h3-8,11,13H,9-10H2,1-2H3/t13-/m0/s1. The molecule has 1 atom stereocenters. The van der Waals surface area contributed by atoms with E-state index in [0.717, 1.165) is 28.8 Å². The zero-order valence-electron chi connectivity index (χ0n) is 13.2. The summed E-state index contributed by atoms with van der Waals surface area (Å²) in [5.74, 6) is 0.0891. The zero-order valence-corrected chi connectivity index (χ0v) is 14.8. The van der Waals surface area contributed by atoms with Crippen LogP contribution >= 0.6 is 15.9 Å². The predicted molar refractivity (Wildman–Crippen MR) is 95.7 cm³/mol. The normalized spacial score (nSPS) is 14.5. The van der Waals surface area contributed by atoms with Crippen LogP contribution in [0.3, 0.4) is 0 Å². The molecule has 1 aliphatic heterocycles. The second-order valence-corrected chi connectivity index (χ2v) is 7.22. The molecule has 0 aliphatic carbocycles. The van der Waals surface area contributed by atoms with Gasteiger partial charge < -0.3 is 4.90 Å². The highest BCUT2D eigenvalue weighted by Gasteiger charge is 2.27. The minimum atomic E-state index is -0.202. The van der Waals surface area contributed by atoms with Gasteiger partial charge in [0.2, 0.25) is 0 Å². The van der Waals surface area contributed by atoms with Crippen molar-refractivity contribution in [1.82, 2.24) is 0 Å². The summed E-state index contributed by atoms with van der Waals surface area (Å²) in [7, 11) is 0. The summed E-state index contributed by atoms with van der Waals surface area (Å²) in [5, 5.41) is 0. The van der Waals surface area contributed by atoms with E-state index in [2.05, 4.69) is 15.9 Å². The van der Waals surface area contributed by atoms with E-state index in [1.807, 2.05) is 61.2 Å². The lowest BCUT2D eigenvalue weighted by Gasteiger charge is -2.18. The molecule has 4 heteroatoms. The third-order valence-electron chi connectivity index (χ3n) is 4.24. The van der Waals surface area contributed by atoms with Crippen LogP contribution in [0.25, 0.3) is 0 Å². The molecule has 1 amide bonds. The number of ketones is 1. The maximum atomic E-state index is 12.8. The van der Waals surface area contributed by atoms with Crippen molar-refractivity contribution >= 4 is 33.3 Å². The number of hydrogen-bond donors (Lipinski definition) is 0. The van der Waals surface area contributed by atoms with Crippen molar-refractivity contribution in [3.05, 3.63) is 64.7 Å². The molecule has 3 rings (SSSR count). The number of alkyl halides is 1. The first-order valence-corrected chi connectivity index (χ1v) is 8.59. The largest absolute Gasteiger partial charge is 0.308 e. The van der Waals surface area contributed by atoms with Crippen LogP contribution in [0.4, 0.5) is 5.69 Å². The number of amides is 1. The Morgan fingerprint density at radius 2 is 1.91 bits per heavy atom. The van der Waals surface area contributed by atoms with Gasteiger partial charge in [-0.2, -0.15) is 0 Å². The first-order chi connectivity index (χ1) is 11.0. The Kier molecular flexibility index (Phi) is 4.35. The Morgan fingerprint density at radius 3 is 2.61 bits per heavy atom. The van der Waals surface area contributed by atoms with Crippen molar-refractivity contribution in [2.45, 2.75) is 25.1 Å². The van der Waals surface area contributed by atoms with Gasteiger partial charge in [-0.1, -0.05) is 34.1 Å². The predicted octanol–water partition coefficient (Wildman–Crippen LogP) is 4.16. The monoisotopic (exact) mass is 371 g/mol. The third-order valence-corrected chi connectivity index (χ3v) is 4.66. The average Bonchev–Trinajstić information content (AvgIpc) is 2.96. The smallest absolute Gasteiger partial charge is 0.258 e. The van der Waals surface area contributed by atoms with Crippen LogP contribution in [-0.4, -0.2) is 23.1 Å². The fraction of sp³-hybridized carbons (Fsp3) is 0.263. The van der Waals surface area contributed by atoms with Crippen LogP contribution in [0.5, 0.6) is 0 Å². The molecule has 118 valence electrons. The minimum Gasteiger partial charge on any atom is -0.308 e. The fourth-order valence-corrected chi connectivity index (χ4v) is 3.22. The molecule has 2 aromatic rings. The van der Waals surface area contributed by atoms with Gasteiger partial charge in [-0.15, -0.1) is 0 Å². The summed E-state index contributed by atoms with van der Waals surface area (Å²) in [6.45, 7) is 4.43. The summed E-state index contributed by atoms with van der Waals surface area (Å²) in [4.78, 5) is 26.5. The first kappa shape index (κ1) is 15.9. The maximum Gasteiger partial charge on any atom is 0.258 e. The van der Waals surface area contributed by atoms with Gasteiger partial charge in [-0.3, -0.25) is 9.59 Å². The summed E-state index contributed by atoms with van der Waals surface area (Å²) in [6, 6.07) is 13.2. The Morgan fingerprint density at radius 1 is 1.17 bits per heavy atom. The summed E-state index contributed by atoms with van der Waals surface area (Å²) in [6.07, 6.45) is 0.782. The van der Waals surface area contributed by atoms with Gasteiger partial charge in [0, 0.05) is 23.4 Å². The molecule has 0 N–H and O–H groups in total. The van der Waals surface area contributed by atoms with E-state index in [-0.39, 0.29) is 16.5 Å². The molecule has 0 saturated carbocycles. The number of aryl methyl sites for hydroxylation is 1. The lowest BCUT2D eigenvalue weighted by molar-refractivity contribution is 0.0984. The molecular weight excluding hydrogens is 354 g/mol. The molecule has 0 saturated heterocycles. The SMILES string of the molecule is Cc1ccccc1C(=O)N1CCc2cc(C(=O)[C@H](C)Br)ccc21. The number of carbonyl (C=O) groups is 2. The third kappa shape index (κ3) is 2.95. The molecule has 1 heterocycles. The van der Waals surface area contributed by atoms with Gasteiger partial charge >= 0.3 is 0 Å². The average molecular weight is 372 g/mol. The highest BCUT2D eigenvalue weighted by Crippen LogP contribution is 2.31. The van der Waals surface area contributed by atoms with Gasteiger partial charge in [-0.25, -0.2) is 0 Å². The van der Waals surface area contributed by atoms with Crippen LogP contribution in [-0.2, 0) is 6.42 Å². The number of hydrogen-bond acceptors (Lipinski definition) is 2. The molecule has 0 spiro atoms. The highest BCUT2D eigenvalue weighted by molar-refractivity contribution is 9.10. The first-order valence-electron chi connectivity index (χ1n) is 7.67. The van der Waals surface area contributed by atoms with Gasteiger partial charge in [-0.05, 0) is 55.7 Å². The Labute approximate surface area is 144 Å². The molecule has 0 radical (unpaired) electrons. The van der Waals surface area contributed by atoms with E-state index in [9.17, 15) is 9.59 Å². The molecule has 2 aromatic carbocycles. The number of rotatable bonds is 3. The van der Waals surface area contributed by atoms with Gasteiger partial charge in [0.25, 0.3) is 5.91 Å². The number of anilines is 1. The van der Waals surface area contributed by atoms with Crippen molar-refractivity contribution in [3.8, 4) is 0 Å². The van der Waals surface area contributed by atoms with E-state index < -0.39 is 0 Å². The number of benzene rings is 2. The van der Waals surface area contributed by atoms with Crippen LogP contribution in [0.2, 0.25) is 0 Å². The van der Waals surface area contributed by atoms with Gasteiger partial charge in [0.05, 0.1) is 4.83 Å². The molecule has 23 heavy (non-hydrogen) atoms. The fourth-order valence-electron chi connectivity index (χ4n) is 2.95. The van der Waals surface area contributed by atoms with Gasteiger partial charge in [0.1, 0.15) is 0 Å². The lowest BCUT2D eigenvalue weighted by Crippen LogP contribution is -2.29. The Hall–Kier alpha value is -1.94. The molecule has 0 aromatic heterocycles. The molecule has 0 bridgehead atoms. The topological polar surface area (TPSA) is 37.4 Å². The van der Waals surface area contributed by atoms with E-state index in [0.29, 0.717) is 12.1 Å². The molecule has 3 nitrogen and oxygen atoms in total. The lowest BCUT2D eigenvalue weighted by atomic mass is 10.0. The van der Waals surface area contributed by atoms with Gasteiger partial charge in [0.15, 0.2) is 5.78 Å². The van der Waals surface area contributed by atoms with Crippen LogP contribution in [0.15, 0.2) is 42.5 Å². The highest BCUT2D eigenvalue weighted by atomic mass is 79.9. The van der Waals surface area contributed by atoms with Crippen LogP contribution in [0.1, 0.15) is 38.8 Å². The van der Waals surface area contributed by atoms with Crippen molar-refractivity contribution < 1.29 is 9.59 Å². The zero-order chi connectivity index (χ0) is 16.6. The van der Waals surface area contributed by atoms with Crippen molar-refractivity contribution in [3.63, 3.8) is 0 Å². The minimum absolute atomic E-state index is 0.0230. The number of Topliss-reactive ketones (excluding diaryl/α,β-unsaturated/α-hetero) is 1. The molecule has 0 fully saturated rings. The van der Waals surface area contributed by atoms with E-state index in [1.165, 1.54) is 0 Å². The second-order valence-electron chi connectivity index (χ2n) is 5.85. The Balaban J connectivity index is 1.92. The number of nitrogens with zero attached hydrogens (tertiary/aromatic N) is 1. The quantitative estimate of drug-likeness (QED) is 0.599. The molecular formula is C19H18BrNO2. The van der Waals surface area contributed by atoms with E-state index in [4.69, 9.17) is 0 Å². The van der Waals surface area contributed by atoms with Crippen LogP contribution < -0.4 is 4.90 Å². The summed E-state index contributed by atoms with van der Waals surface area (Å²) in [5.41, 5.74) is 4.38. The maximum absolute atomic E-state index is 12.8. The second kappa shape index (κ2) is 6.28. The van der Waals surface area contributed by atoms with Crippen LogP contribution in [0, 0.1) is 6.92 Å². The van der Waals surface area contributed by atoms with Crippen molar-refractivity contribution in [1.29, 1.82) is 0 Å². The van der Waals surface area contributed by atoms with E-state index >= 15 is 0 Å². The van der Waals surface area contributed by atoms with E-state index in [1.54, 1.807) is 0 Å². The van der Waals surface area contributed by atoms with Crippen molar-refractivity contribution in [2.75, 3.05) is 11.4 Å². The summed E-state index contributed by atoms with van der Waals surface area (Å²) < 4.78 is 0. The summed E-state index contributed by atoms with van der Waals surface area (Å²) >= 11 is 3.32. The molecule has 1 aliphatic rings. The number of fused-ring (bicyclic) bond motifs is 1. The number of halogens is 1. The van der Waals surface area contributed by atoms with Crippen molar-refractivity contribution in [2.24, 2.45) is 0 Å². The number of carbonyl (C=O) groups excluding carboxylic acids is 2. The molecule has 0 unspecified atom stereocenters. The Bertz CT molecular complexity index is 783.